The lowest BCUT2D eigenvalue weighted by atomic mass is 10.1. The summed E-state index contributed by atoms with van der Waals surface area (Å²) in [6.45, 7) is 6.19. The first-order chi connectivity index (χ1) is 9.45. The summed E-state index contributed by atoms with van der Waals surface area (Å²) in [4.78, 5) is 0. The van der Waals surface area contributed by atoms with Gasteiger partial charge in [0.25, 0.3) is 0 Å². The zero-order valence-electron chi connectivity index (χ0n) is 11.8. The number of rotatable bonds is 2. The van der Waals surface area contributed by atoms with Crippen LogP contribution in [0.5, 0.6) is 0 Å². The molecule has 2 N–H and O–H groups in total. The van der Waals surface area contributed by atoms with Crippen molar-refractivity contribution < 1.29 is 0 Å². The van der Waals surface area contributed by atoms with Gasteiger partial charge in [-0.25, -0.2) is 0 Å². The third-order valence-corrected chi connectivity index (χ3v) is 3.87. The Kier molecular flexibility index (Phi) is 4.78. The first-order valence-electron chi connectivity index (χ1n) is 6.37. The smallest absolute Gasteiger partial charge is 0.175 e. The molecule has 0 heterocycles. The Morgan fingerprint density at radius 2 is 1.50 bits per heavy atom. The molecule has 2 aromatic rings. The minimum absolute atomic E-state index is 0.586. The van der Waals surface area contributed by atoms with Crippen LogP contribution >= 0.6 is 28.1 Å². The zero-order chi connectivity index (χ0) is 14.7. The molecule has 0 bridgehead atoms. The highest BCUT2D eigenvalue weighted by molar-refractivity contribution is 9.10. The normalized spacial score (nSPS) is 10.2. The second kappa shape index (κ2) is 6.37. The first kappa shape index (κ1) is 15.0. The van der Waals surface area contributed by atoms with E-state index < -0.39 is 0 Å². The molecule has 0 saturated heterocycles. The standard InChI is InChI=1S/C16H17BrN2S/c1-10-5-7-14(13(17)8-10)18-16(20)19-15-9-11(2)4-6-12(15)3/h4-9H,1-3H3,(H2,18,19,20). The van der Waals surface area contributed by atoms with Gasteiger partial charge in [-0.05, 0) is 83.8 Å². The van der Waals surface area contributed by atoms with E-state index in [1.54, 1.807) is 0 Å². The van der Waals surface area contributed by atoms with Crippen LogP contribution < -0.4 is 10.6 Å². The van der Waals surface area contributed by atoms with Crippen LogP contribution in [0.1, 0.15) is 16.7 Å². The van der Waals surface area contributed by atoms with Gasteiger partial charge in [0.2, 0.25) is 0 Å². The van der Waals surface area contributed by atoms with Crippen LogP contribution in [0.15, 0.2) is 40.9 Å². The molecule has 0 unspecified atom stereocenters. The SMILES string of the molecule is Cc1ccc(NC(=S)Nc2cc(C)ccc2C)c(Br)c1. The number of anilines is 2. The third-order valence-electron chi connectivity index (χ3n) is 3.01. The van der Waals surface area contributed by atoms with Gasteiger partial charge in [-0.3, -0.25) is 0 Å². The molecule has 0 saturated carbocycles. The van der Waals surface area contributed by atoms with E-state index in [2.05, 4.69) is 71.6 Å². The fourth-order valence-corrected chi connectivity index (χ4v) is 2.68. The second-order valence-corrected chi connectivity index (χ2v) is 6.14. The Labute approximate surface area is 133 Å². The van der Waals surface area contributed by atoms with Crippen LogP contribution in [-0.2, 0) is 0 Å². The summed E-state index contributed by atoms with van der Waals surface area (Å²) < 4.78 is 1.00. The van der Waals surface area contributed by atoms with Gasteiger partial charge in [0.1, 0.15) is 0 Å². The van der Waals surface area contributed by atoms with Crippen molar-refractivity contribution >= 4 is 44.6 Å². The van der Waals surface area contributed by atoms with E-state index in [0.29, 0.717) is 5.11 Å². The summed E-state index contributed by atoms with van der Waals surface area (Å²) in [7, 11) is 0. The number of thiocarbonyl (C=S) groups is 1. The Morgan fingerprint density at radius 3 is 2.20 bits per heavy atom. The molecule has 20 heavy (non-hydrogen) atoms. The van der Waals surface area contributed by atoms with Crippen molar-refractivity contribution in [2.75, 3.05) is 10.6 Å². The topological polar surface area (TPSA) is 24.1 Å². The van der Waals surface area contributed by atoms with E-state index in [4.69, 9.17) is 12.2 Å². The van der Waals surface area contributed by atoms with E-state index in [-0.39, 0.29) is 0 Å². The Bertz CT molecular complexity index is 653. The van der Waals surface area contributed by atoms with E-state index in [0.717, 1.165) is 15.8 Å². The summed E-state index contributed by atoms with van der Waals surface area (Å²) in [5.74, 6) is 0. The van der Waals surface area contributed by atoms with Crippen molar-refractivity contribution in [2.24, 2.45) is 0 Å². The molecular weight excluding hydrogens is 332 g/mol. The lowest BCUT2D eigenvalue weighted by molar-refractivity contribution is 1.39. The highest BCUT2D eigenvalue weighted by atomic mass is 79.9. The molecular formula is C16H17BrN2S. The quantitative estimate of drug-likeness (QED) is 0.730. The maximum Gasteiger partial charge on any atom is 0.175 e. The van der Waals surface area contributed by atoms with Gasteiger partial charge in [0.15, 0.2) is 5.11 Å². The molecule has 0 aliphatic heterocycles. The molecule has 2 nitrogen and oxygen atoms in total. The molecule has 2 aromatic carbocycles. The maximum atomic E-state index is 5.37. The van der Waals surface area contributed by atoms with Gasteiger partial charge >= 0.3 is 0 Å². The predicted octanol–water partition coefficient (Wildman–Crippen LogP) is 5.18. The van der Waals surface area contributed by atoms with Gasteiger partial charge in [-0.1, -0.05) is 18.2 Å². The largest absolute Gasteiger partial charge is 0.332 e. The number of hydrogen-bond donors (Lipinski definition) is 2. The lowest BCUT2D eigenvalue weighted by Crippen LogP contribution is -2.20. The number of hydrogen-bond acceptors (Lipinski definition) is 1. The molecule has 0 amide bonds. The Balaban J connectivity index is 2.11. The monoisotopic (exact) mass is 348 g/mol. The van der Waals surface area contributed by atoms with Crippen molar-refractivity contribution in [1.82, 2.24) is 0 Å². The molecule has 0 radical (unpaired) electrons. The van der Waals surface area contributed by atoms with Crippen LogP contribution in [0, 0.1) is 20.8 Å². The van der Waals surface area contributed by atoms with Gasteiger partial charge in [-0.15, -0.1) is 0 Å². The van der Waals surface area contributed by atoms with Crippen LogP contribution in [-0.4, -0.2) is 5.11 Å². The minimum atomic E-state index is 0.586. The van der Waals surface area contributed by atoms with Crippen molar-refractivity contribution in [3.05, 3.63) is 57.6 Å². The van der Waals surface area contributed by atoms with Crippen molar-refractivity contribution in [1.29, 1.82) is 0 Å². The van der Waals surface area contributed by atoms with E-state index in [9.17, 15) is 0 Å². The molecule has 104 valence electrons. The van der Waals surface area contributed by atoms with Crippen molar-refractivity contribution in [2.45, 2.75) is 20.8 Å². The zero-order valence-corrected chi connectivity index (χ0v) is 14.2. The molecule has 0 aromatic heterocycles. The number of halogens is 1. The summed E-state index contributed by atoms with van der Waals surface area (Å²) >= 11 is 8.91. The molecule has 0 fully saturated rings. The number of benzene rings is 2. The Hall–Kier alpha value is -1.39. The van der Waals surface area contributed by atoms with Gasteiger partial charge in [0.05, 0.1) is 5.69 Å². The lowest BCUT2D eigenvalue weighted by Gasteiger charge is -2.14. The van der Waals surface area contributed by atoms with E-state index in [1.165, 1.54) is 16.7 Å². The number of nitrogens with one attached hydrogen (secondary N) is 2. The molecule has 0 aliphatic carbocycles. The number of aryl methyl sites for hydroxylation is 3. The van der Waals surface area contributed by atoms with Crippen LogP contribution in [0.25, 0.3) is 0 Å². The van der Waals surface area contributed by atoms with Crippen molar-refractivity contribution in [3.8, 4) is 0 Å². The molecule has 0 spiro atoms. The average molecular weight is 349 g/mol. The average Bonchev–Trinajstić information content (AvgIpc) is 2.37. The molecule has 4 heteroatoms. The summed E-state index contributed by atoms with van der Waals surface area (Å²) in [5.41, 5.74) is 5.57. The summed E-state index contributed by atoms with van der Waals surface area (Å²) in [6, 6.07) is 12.4. The summed E-state index contributed by atoms with van der Waals surface area (Å²) in [5, 5.41) is 7.03. The molecule has 0 atom stereocenters. The van der Waals surface area contributed by atoms with Crippen LogP contribution in [0.2, 0.25) is 0 Å². The Morgan fingerprint density at radius 1 is 0.900 bits per heavy atom. The third kappa shape index (κ3) is 3.81. The minimum Gasteiger partial charge on any atom is -0.332 e. The van der Waals surface area contributed by atoms with Crippen LogP contribution in [0.3, 0.4) is 0 Å². The molecule has 0 aliphatic rings. The molecule has 2 rings (SSSR count). The predicted molar refractivity (Wildman–Crippen MR) is 94.6 cm³/mol. The highest BCUT2D eigenvalue weighted by Gasteiger charge is 2.05. The first-order valence-corrected chi connectivity index (χ1v) is 7.57. The van der Waals surface area contributed by atoms with Crippen molar-refractivity contribution in [3.63, 3.8) is 0 Å². The maximum absolute atomic E-state index is 5.37. The van der Waals surface area contributed by atoms with Gasteiger partial charge in [0, 0.05) is 10.2 Å². The summed E-state index contributed by atoms with van der Waals surface area (Å²) in [6.07, 6.45) is 0. The van der Waals surface area contributed by atoms with E-state index in [1.807, 2.05) is 12.1 Å². The van der Waals surface area contributed by atoms with Gasteiger partial charge in [-0.2, -0.15) is 0 Å². The highest BCUT2D eigenvalue weighted by Crippen LogP contribution is 2.24. The van der Waals surface area contributed by atoms with Gasteiger partial charge < -0.3 is 10.6 Å². The fraction of sp³-hybridized carbons (Fsp3) is 0.188. The second-order valence-electron chi connectivity index (χ2n) is 4.88. The van der Waals surface area contributed by atoms with Crippen LogP contribution in [0.4, 0.5) is 11.4 Å². The van der Waals surface area contributed by atoms with E-state index >= 15 is 0 Å². The fourth-order valence-electron chi connectivity index (χ4n) is 1.87.